The Morgan fingerprint density at radius 2 is 1.63 bits per heavy atom. The Hall–Kier alpha value is -2.20. The summed E-state index contributed by atoms with van der Waals surface area (Å²) in [6.45, 7) is 11.3. The van der Waals surface area contributed by atoms with Crippen LogP contribution < -0.4 is 11.1 Å². The molecule has 3 aliphatic rings. The molecule has 9 nitrogen and oxygen atoms in total. The van der Waals surface area contributed by atoms with Gasteiger partial charge in [-0.3, -0.25) is 14.4 Å². The lowest BCUT2D eigenvalue weighted by Gasteiger charge is -2.47. The molecule has 4 rings (SSSR count). The lowest BCUT2D eigenvalue weighted by atomic mass is 10.0. The second-order valence-corrected chi connectivity index (χ2v) is 12.0. The second-order valence-electron chi connectivity index (χ2n) is 11.5. The van der Waals surface area contributed by atoms with Gasteiger partial charge in [0.1, 0.15) is 6.04 Å². The van der Waals surface area contributed by atoms with E-state index in [4.69, 9.17) is 17.3 Å². The van der Waals surface area contributed by atoms with Crippen LogP contribution in [0.4, 0.5) is 0 Å². The van der Waals surface area contributed by atoms with Crippen molar-refractivity contribution in [2.75, 3.05) is 45.8 Å². The molecule has 38 heavy (non-hydrogen) atoms. The summed E-state index contributed by atoms with van der Waals surface area (Å²) in [6.07, 6.45) is 3.61. The van der Waals surface area contributed by atoms with Crippen LogP contribution in [0, 0.1) is 5.92 Å². The molecule has 3 amide bonds. The normalized spacial score (nSPS) is 21.0. The van der Waals surface area contributed by atoms with Gasteiger partial charge in [0.15, 0.2) is 0 Å². The Balaban J connectivity index is 1.39. The molecule has 2 saturated heterocycles. The Morgan fingerprint density at radius 3 is 2.16 bits per heavy atom. The number of carbonyl (C=O) groups excluding carboxylic acids is 3. The zero-order valence-electron chi connectivity index (χ0n) is 23.0. The summed E-state index contributed by atoms with van der Waals surface area (Å²) >= 11 is 6.05. The summed E-state index contributed by atoms with van der Waals surface area (Å²) in [5.74, 6) is 0.338. The highest BCUT2D eigenvalue weighted by molar-refractivity contribution is 6.30. The molecule has 1 aromatic carbocycles. The quantitative estimate of drug-likeness (QED) is 0.490. The van der Waals surface area contributed by atoms with Crippen molar-refractivity contribution in [2.24, 2.45) is 11.7 Å². The maximum Gasteiger partial charge on any atom is 0.245 e. The second kappa shape index (κ2) is 12.3. The molecule has 0 aromatic heterocycles. The van der Waals surface area contributed by atoms with Crippen molar-refractivity contribution in [2.45, 2.75) is 70.5 Å². The first-order valence-electron chi connectivity index (χ1n) is 14.0. The number of hydrazine groups is 1. The molecule has 2 aliphatic heterocycles. The van der Waals surface area contributed by atoms with Gasteiger partial charge in [0.05, 0.1) is 5.54 Å². The number of nitrogens with two attached hydrogens (primary N) is 1. The summed E-state index contributed by atoms with van der Waals surface area (Å²) in [5, 5.41) is 8.47. The Bertz CT molecular complexity index is 983. The molecule has 210 valence electrons. The number of amides is 3. The SMILES string of the molecule is CC(=O)N1CCC(N(CC(C)C)N2CCN(C(=O)C(Cc3ccc(Cl)cc3)NC(=O)C3(N)CC3)CC2)CC1. The Kier molecular flexibility index (Phi) is 9.34. The first kappa shape index (κ1) is 28.8. The van der Waals surface area contributed by atoms with Crippen molar-refractivity contribution in [1.82, 2.24) is 25.1 Å². The molecule has 1 unspecified atom stereocenters. The average Bonchev–Trinajstić information content (AvgIpc) is 3.66. The first-order valence-corrected chi connectivity index (χ1v) is 14.3. The molecule has 2 heterocycles. The molecular formula is C28H43ClN6O3. The highest BCUT2D eigenvalue weighted by Crippen LogP contribution is 2.32. The van der Waals surface area contributed by atoms with Gasteiger partial charge < -0.3 is 20.9 Å². The lowest BCUT2D eigenvalue weighted by molar-refractivity contribution is -0.146. The smallest absolute Gasteiger partial charge is 0.245 e. The summed E-state index contributed by atoms with van der Waals surface area (Å²) in [7, 11) is 0. The molecule has 3 N–H and O–H groups in total. The number of hydrogen-bond donors (Lipinski definition) is 2. The third-order valence-corrected chi connectivity index (χ3v) is 8.26. The third kappa shape index (κ3) is 7.25. The number of benzene rings is 1. The van der Waals surface area contributed by atoms with Gasteiger partial charge in [0, 0.05) is 70.2 Å². The lowest BCUT2D eigenvalue weighted by Crippen LogP contribution is -2.62. The van der Waals surface area contributed by atoms with E-state index in [1.54, 1.807) is 19.1 Å². The fourth-order valence-corrected chi connectivity index (χ4v) is 5.59. The molecule has 0 radical (unpaired) electrons. The van der Waals surface area contributed by atoms with Crippen LogP contribution in [-0.2, 0) is 20.8 Å². The van der Waals surface area contributed by atoms with Crippen LogP contribution in [0.3, 0.4) is 0 Å². The Labute approximate surface area is 231 Å². The minimum Gasteiger partial charge on any atom is -0.343 e. The van der Waals surface area contributed by atoms with E-state index in [1.165, 1.54) is 0 Å². The number of piperazine rings is 1. The van der Waals surface area contributed by atoms with Gasteiger partial charge in [-0.1, -0.05) is 37.6 Å². The van der Waals surface area contributed by atoms with Gasteiger partial charge >= 0.3 is 0 Å². The largest absolute Gasteiger partial charge is 0.343 e. The number of rotatable bonds is 9. The molecule has 0 spiro atoms. The number of piperidine rings is 1. The molecule has 1 aromatic rings. The number of hydrogen-bond acceptors (Lipinski definition) is 6. The molecule has 1 atom stereocenters. The molecular weight excluding hydrogens is 504 g/mol. The topological polar surface area (TPSA) is 102 Å². The van der Waals surface area contributed by atoms with Crippen molar-refractivity contribution in [3.05, 3.63) is 34.9 Å². The highest BCUT2D eigenvalue weighted by Gasteiger charge is 2.47. The zero-order chi connectivity index (χ0) is 27.4. The van der Waals surface area contributed by atoms with E-state index in [-0.39, 0.29) is 17.7 Å². The van der Waals surface area contributed by atoms with Crippen LogP contribution in [0.25, 0.3) is 0 Å². The summed E-state index contributed by atoms with van der Waals surface area (Å²) in [6, 6.07) is 7.11. The third-order valence-electron chi connectivity index (χ3n) is 8.01. The van der Waals surface area contributed by atoms with Crippen molar-refractivity contribution >= 4 is 29.3 Å². The average molecular weight is 547 g/mol. The Morgan fingerprint density at radius 1 is 1.03 bits per heavy atom. The predicted octanol–water partition coefficient (Wildman–Crippen LogP) is 1.89. The number of carbonyl (C=O) groups is 3. The van der Waals surface area contributed by atoms with E-state index in [0.29, 0.717) is 49.3 Å². The molecule has 10 heteroatoms. The molecule has 1 aliphatic carbocycles. The van der Waals surface area contributed by atoms with Gasteiger partial charge in [-0.2, -0.15) is 0 Å². The zero-order valence-corrected chi connectivity index (χ0v) is 23.8. The van der Waals surface area contributed by atoms with Crippen LogP contribution in [0.1, 0.15) is 52.0 Å². The number of nitrogens with zero attached hydrogens (tertiary/aromatic N) is 4. The van der Waals surface area contributed by atoms with Crippen LogP contribution in [0.5, 0.6) is 0 Å². The first-order chi connectivity index (χ1) is 18.1. The fraction of sp³-hybridized carbons (Fsp3) is 0.679. The minimum absolute atomic E-state index is 0.0672. The van der Waals surface area contributed by atoms with Gasteiger partial charge in [0.2, 0.25) is 17.7 Å². The highest BCUT2D eigenvalue weighted by atomic mass is 35.5. The van der Waals surface area contributed by atoms with Crippen LogP contribution >= 0.6 is 11.6 Å². The van der Waals surface area contributed by atoms with Crippen LogP contribution in [-0.4, -0.2) is 101 Å². The fourth-order valence-electron chi connectivity index (χ4n) is 5.46. The maximum absolute atomic E-state index is 13.7. The monoisotopic (exact) mass is 546 g/mol. The van der Waals surface area contributed by atoms with Gasteiger partial charge in [-0.05, 0) is 49.3 Å². The van der Waals surface area contributed by atoms with Crippen LogP contribution in [0.2, 0.25) is 5.02 Å². The standard InChI is InChI=1S/C28H43ClN6O3/c1-20(2)19-35(24-8-12-32(13-9-24)21(3)36)34-16-14-33(15-17-34)26(37)25(31-27(38)28(30)10-11-28)18-22-4-6-23(29)7-5-22/h4-7,20,24-25H,8-19,30H2,1-3H3,(H,31,38). The maximum atomic E-state index is 13.7. The van der Waals surface area contributed by atoms with Crippen LogP contribution in [0.15, 0.2) is 24.3 Å². The molecule has 3 fully saturated rings. The van der Waals surface area contributed by atoms with E-state index in [1.807, 2.05) is 21.9 Å². The van der Waals surface area contributed by atoms with Gasteiger partial charge in [0.25, 0.3) is 0 Å². The number of likely N-dealkylation sites (tertiary alicyclic amines) is 1. The van der Waals surface area contributed by atoms with E-state index >= 15 is 0 Å². The van der Waals surface area contributed by atoms with E-state index in [9.17, 15) is 14.4 Å². The van der Waals surface area contributed by atoms with Crippen molar-refractivity contribution in [3.8, 4) is 0 Å². The van der Waals surface area contributed by atoms with E-state index in [2.05, 4.69) is 29.2 Å². The molecule has 0 bridgehead atoms. The van der Waals surface area contributed by atoms with E-state index in [0.717, 1.165) is 51.1 Å². The van der Waals surface area contributed by atoms with Crippen molar-refractivity contribution in [3.63, 3.8) is 0 Å². The number of halogens is 1. The number of nitrogens with one attached hydrogen (secondary N) is 1. The minimum atomic E-state index is -0.841. The summed E-state index contributed by atoms with van der Waals surface area (Å²) < 4.78 is 0. The summed E-state index contributed by atoms with van der Waals surface area (Å²) in [5.41, 5.74) is 6.23. The van der Waals surface area contributed by atoms with Crippen molar-refractivity contribution < 1.29 is 14.4 Å². The summed E-state index contributed by atoms with van der Waals surface area (Å²) in [4.78, 5) is 42.1. The van der Waals surface area contributed by atoms with Crippen molar-refractivity contribution in [1.29, 1.82) is 0 Å². The van der Waals surface area contributed by atoms with E-state index < -0.39 is 11.6 Å². The molecule has 1 saturated carbocycles. The van der Waals surface area contributed by atoms with Gasteiger partial charge in [-0.25, -0.2) is 10.0 Å². The van der Waals surface area contributed by atoms with Gasteiger partial charge in [-0.15, -0.1) is 0 Å². The predicted molar refractivity (Wildman–Crippen MR) is 148 cm³/mol.